The van der Waals surface area contributed by atoms with Gasteiger partial charge in [0.05, 0.1) is 5.60 Å². The van der Waals surface area contributed by atoms with Gasteiger partial charge in [0.1, 0.15) is 0 Å². The minimum absolute atomic E-state index is 0.288. The zero-order valence-corrected chi connectivity index (χ0v) is 11.1. The van der Waals surface area contributed by atoms with E-state index in [4.69, 9.17) is 0 Å². The van der Waals surface area contributed by atoms with Crippen molar-refractivity contribution < 1.29 is 5.11 Å². The van der Waals surface area contributed by atoms with Crippen LogP contribution in [0.15, 0.2) is 0 Å². The van der Waals surface area contributed by atoms with E-state index in [2.05, 4.69) is 16.8 Å². The molecule has 1 saturated heterocycles. The van der Waals surface area contributed by atoms with Crippen LogP contribution in [-0.4, -0.2) is 60.3 Å². The maximum Gasteiger partial charge on any atom is 0.0716 e. The average molecular weight is 238 g/mol. The summed E-state index contributed by atoms with van der Waals surface area (Å²) in [7, 11) is 2.20. The van der Waals surface area contributed by atoms with Crippen LogP contribution in [0.25, 0.3) is 0 Å². The predicted octanol–water partition coefficient (Wildman–Crippen LogP) is 1.17. The molecule has 1 heterocycles. The Kier molecular flexibility index (Phi) is 3.18. The second kappa shape index (κ2) is 4.52. The minimum atomic E-state index is -0.288. The summed E-state index contributed by atoms with van der Waals surface area (Å²) in [6, 6.07) is 0. The van der Waals surface area contributed by atoms with Gasteiger partial charge in [0, 0.05) is 32.7 Å². The summed E-state index contributed by atoms with van der Waals surface area (Å²) in [5.74, 6) is 1.28. The summed E-state index contributed by atoms with van der Waals surface area (Å²) in [6.07, 6.45) is 6.11. The summed E-state index contributed by atoms with van der Waals surface area (Å²) < 4.78 is 0. The quantitative estimate of drug-likeness (QED) is 0.779. The summed E-state index contributed by atoms with van der Waals surface area (Å²) in [5.41, 5.74) is -0.288. The molecule has 3 nitrogen and oxygen atoms in total. The molecule has 0 atom stereocenters. The molecule has 0 bridgehead atoms. The first-order chi connectivity index (χ1) is 8.18. The highest BCUT2D eigenvalue weighted by atomic mass is 16.3. The van der Waals surface area contributed by atoms with Crippen LogP contribution in [0, 0.1) is 11.8 Å². The second-order valence-electron chi connectivity index (χ2n) is 6.43. The SMILES string of the molecule is CN1CCN(CCC(O)(C2CC2)C2CC2)CC1. The van der Waals surface area contributed by atoms with Gasteiger partial charge in [-0.1, -0.05) is 0 Å². The van der Waals surface area contributed by atoms with E-state index in [1.54, 1.807) is 0 Å². The fourth-order valence-electron chi connectivity index (χ4n) is 3.32. The molecule has 2 saturated carbocycles. The van der Waals surface area contributed by atoms with E-state index in [9.17, 15) is 5.11 Å². The van der Waals surface area contributed by atoms with Crippen LogP contribution in [0.4, 0.5) is 0 Å². The van der Waals surface area contributed by atoms with Gasteiger partial charge in [-0.3, -0.25) is 0 Å². The summed E-state index contributed by atoms with van der Waals surface area (Å²) in [5, 5.41) is 10.8. The number of likely N-dealkylation sites (N-methyl/N-ethyl adjacent to an activating group) is 1. The molecule has 3 aliphatic rings. The van der Waals surface area contributed by atoms with Gasteiger partial charge in [0.15, 0.2) is 0 Å². The van der Waals surface area contributed by atoms with Gasteiger partial charge in [-0.15, -0.1) is 0 Å². The van der Waals surface area contributed by atoms with Crippen molar-refractivity contribution in [2.75, 3.05) is 39.8 Å². The zero-order chi connectivity index (χ0) is 11.9. The molecular weight excluding hydrogens is 212 g/mol. The molecule has 0 aromatic heterocycles. The first-order valence-electron chi connectivity index (χ1n) is 7.32. The van der Waals surface area contributed by atoms with Crippen LogP contribution in [0.1, 0.15) is 32.1 Å². The minimum Gasteiger partial charge on any atom is -0.389 e. The van der Waals surface area contributed by atoms with Crippen LogP contribution < -0.4 is 0 Å². The molecule has 3 heteroatoms. The van der Waals surface area contributed by atoms with Crippen molar-refractivity contribution >= 4 is 0 Å². The third kappa shape index (κ3) is 2.67. The lowest BCUT2D eigenvalue weighted by Crippen LogP contribution is -2.47. The number of hydrogen-bond acceptors (Lipinski definition) is 3. The van der Waals surface area contributed by atoms with Gasteiger partial charge < -0.3 is 14.9 Å². The van der Waals surface area contributed by atoms with E-state index in [0.717, 1.165) is 13.0 Å². The lowest BCUT2D eigenvalue weighted by Gasteiger charge is -2.36. The number of nitrogens with zero attached hydrogens (tertiary/aromatic N) is 2. The summed E-state index contributed by atoms with van der Waals surface area (Å²) >= 11 is 0. The molecule has 2 aliphatic carbocycles. The lowest BCUT2D eigenvalue weighted by molar-refractivity contribution is -0.0232. The highest BCUT2D eigenvalue weighted by Gasteiger charge is 2.52. The standard InChI is InChI=1S/C14H26N2O/c1-15-8-10-16(11-9-15)7-6-14(17,12-2-3-12)13-4-5-13/h12-13,17H,2-11H2,1H3. The Morgan fingerprint density at radius 3 is 2.00 bits per heavy atom. The van der Waals surface area contributed by atoms with Crippen molar-refractivity contribution in [2.24, 2.45) is 11.8 Å². The summed E-state index contributed by atoms with van der Waals surface area (Å²) in [4.78, 5) is 4.93. The van der Waals surface area contributed by atoms with Crippen molar-refractivity contribution in [1.29, 1.82) is 0 Å². The molecule has 0 aromatic carbocycles. The van der Waals surface area contributed by atoms with Crippen molar-refractivity contribution in [2.45, 2.75) is 37.7 Å². The number of hydrogen-bond donors (Lipinski definition) is 1. The number of rotatable bonds is 5. The Balaban J connectivity index is 1.49. The molecule has 0 unspecified atom stereocenters. The van der Waals surface area contributed by atoms with E-state index >= 15 is 0 Å². The molecule has 0 aromatic rings. The fraction of sp³-hybridized carbons (Fsp3) is 1.00. The summed E-state index contributed by atoms with van der Waals surface area (Å²) in [6.45, 7) is 5.84. The molecular formula is C14H26N2O. The van der Waals surface area contributed by atoms with Gasteiger partial charge >= 0.3 is 0 Å². The van der Waals surface area contributed by atoms with Crippen molar-refractivity contribution in [1.82, 2.24) is 9.80 Å². The number of piperazine rings is 1. The fourth-order valence-corrected chi connectivity index (χ4v) is 3.32. The van der Waals surface area contributed by atoms with Crippen LogP contribution in [-0.2, 0) is 0 Å². The first-order valence-corrected chi connectivity index (χ1v) is 7.32. The zero-order valence-electron chi connectivity index (χ0n) is 11.1. The van der Waals surface area contributed by atoms with Crippen molar-refractivity contribution in [3.05, 3.63) is 0 Å². The van der Waals surface area contributed by atoms with Gasteiger partial charge in [0.2, 0.25) is 0 Å². The van der Waals surface area contributed by atoms with E-state index < -0.39 is 0 Å². The third-order valence-electron chi connectivity index (χ3n) is 4.99. The largest absolute Gasteiger partial charge is 0.389 e. The molecule has 3 fully saturated rings. The maximum atomic E-state index is 10.8. The third-order valence-corrected chi connectivity index (χ3v) is 4.99. The Hall–Kier alpha value is -0.120. The van der Waals surface area contributed by atoms with Crippen LogP contribution in [0.5, 0.6) is 0 Å². The van der Waals surface area contributed by atoms with E-state index in [1.165, 1.54) is 51.9 Å². The molecule has 17 heavy (non-hydrogen) atoms. The van der Waals surface area contributed by atoms with E-state index in [0.29, 0.717) is 11.8 Å². The Morgan fingerprint density at radius 1 is 1.00 bits per heavy atom. The maximum absolute atomic E-state index is 10.8. The van der Waals surface area contributed by atoms with Crippen LogP contribution in [0.2, 0.25) is 0 Å². The van der Waals surface area contributed by atoms with E-state index in [-0.39, 0.29) is 5.60 Å². The van der Waals surface area contributed by atoms with Crippen molar-refractivity contribution in [3.63, 3.8) is 0 Å². The number of aliphatic hydroxyl groups is 1. The lowest BCUT2D eigenvalue weighted by atomic mass is 9.88. The van der Waals surface area contributed by atoms with Gasteiger partial charge in [-0.05, 0) is 51.0 Å². The van der Waals surface area contributed by atoms with Crippen LogP contribution >= 0.6 is 0 Å². The van der Waals surface area contributed by atoms with Gasteiger partial charge in [-0.25, -0.2) is 0 Å². The Bertz CT molecular complexity index is 253. The normalized spacial score (nSPS) is 28.6. The van der Waals surface area contributed by atoms with Crippen molar-refractivity contribution in [3.8, 4) is 0 Å². The van der Waals surface area contributed by atoms with Crippen LogP contribution in [0.3, 0.4) is 0 Å². The topological polar surface area (TPSA) is 26.7 Å². The molecule has 3 rings (SSSR count). The molecule has 0 radical (unpaired) electrons. The molecule has 1 aliphatic heterocycles. The molecule has 98 valence electrons. The predicted molar refractivity (Wildman–Crippen MR) is 69.0 cm³/mol. The molecule has 0 amide bonds. The van der Waals surface area contributed by atoms with Gasteiger partial charge in [-0.2, -0.15) is 0 Å². The Labute approximate surface area is 105 Å². The van der Waals surface area contributed by atoms with Gasteiger partial charge in [0.25, 0.3) is 0 Å². The monoisotopic (exact) mass is 238 g/mol. The first kappa shape index (κ1) is 11.9. The van der Waals surface area contributed by atoms with E-state index in [1.807, 2.05) is 0 Å². The molecule has 1 N–H and O–H groups in total. The smallest absolute Gasteiger partial charge is 0.0716 e. The highest BCUT2D eigenvalue weighted by molar-refractivity contribution is 5.04. The highest BCUT2D eigenvalue weighted by Crippen LogP contribution is 2.53. The second-order valence-corrected chi connectivity index (χ2v) is 6.43. The average Bonchev–Trinajstić information content (AvgIpc) is 3.20. The molecule has 0 spiro atoms. The Morgan fingerprint density at radius 2 is 1.53 bits per heavy atom.